The normalized spacial score (nSPS) is 12.4. The highest BCUT2D eigenvalue weighted by Gasteiger charge is 2.04. The van der Waals surface area contributed by atoms with E-state index in [2.05, 4.69) is 13.8 Å². The predicted octanol–water partition coefficient (Wildman–Crippen LogP) is 13.7. The van der Waals surface area contributed by atoms with Crippen LogP contribution in [0.3, 0.4) is 0 Å². The monoisotopic (exact) mass is 537 g/mol. The molecule has 0 radical (unpaired) electrons. The summed E-state index contributed by atoms with van der Waals surface area (Å²) in [7, 11) is 0. The smallest absolute Gasteiger partial charge is 0.0540 e. The second-order valence-electron chi connectivity index (χ2n) is 12.8. The van der Waals surface area contributed by atoms with Crippen LogP contribution in [0.25, 0.3) is 0 Å². The average molecular weight is 537 g/mol. The number of hydrogen-bond donors (Lipinski definition) is 1. The Kier molecular flexibility index (Phi) is 35.0. The van der Waals surface area contributed by atoms with Crippen LogP contribution in [0.4, 0.5) is 0 Å². The lowest BCUT2D eigenvalue weighted by Gasteiger charge is -2.10. The summed E-state index contributed by atoms with van der Waals surface area (Å²) in [5.74, 6) is 0. The molecule has 1 atom stereocenters. The molecule has 0 saturated carbocycles. The maximum absolute atomic E-state index is 10.3. The zero-order chi connectivity index (χ0) is 27.6. The van der Waals surface area contributed by atoms with Crippen molar-refractivity contribution < 1.29 is 5.11 Å². The Morgan fingerprint density at radius 2 is 0.421 bits per heavy atom. The van der Waals surface area contributed by atoms with Gasteiger partial charge in [-0.15, -0.1) is 0 Å². The van der Waals surface area contributed by atoms with Gasteiger partial charge in [0, 0.05) is 0 Å². The van der Waals surface area contributed by atoms with Crippen molar-refractivity contribution in [3.05, 3.63) is 0 Å². The summed E-state index contributed by atoms with van der Waals surface area (Å²) in [4.78, 5) is 0. The Morgan fingerprint density at radius 3 is 0.605 bits per heavy atom. The zero-order valence-electron chi connectivity index (χ0n) is 27.1. The van der Waals surface area contributed by atoms with Crippen LogP contribution in [-0.2, 0) is 0 Å². The van der Waals surface area contributed by atoms with E-state index in [0.29, 0.717) is 0 Å². The molecule has 0 aromatic rings. The van der Waals surface area contributed by atoms with Crippen molar-refractivity contribution >= 4 is 0 Å². The first-order valence-corrected chi connectivity index (χ1v) is 18.5. The molecule has 0 amide bonds. The molecule has 230 valence electrons. The van der Waals surface area contributed by atoms with E-state index in [1.807, 2.05) is 0 Å². The van der Waals surface area contributed by atoms with E-state index in [9.17, 15) is 5.11 Å². The molecule has 0 aliphatic rings. The van der Waals surface area contributed by atoms with Crippen LogP contribution in [0.15, 0.2) is 0 Å². The first kappa shape index (κ1) is 38.0. The van der Waals surface area contributed by atoms with Crippen LogP contribution in [0.2, 0.25) is 0 Å². The standard InChI is InChI=1S/C37H76O/c1-3-5-7-9-11-13-15-17-19-20-22-24-26-28-30-32-34-36-37(38)35-33-31-29-27-25-23-21-18-16-14-12-10-8-6-4-2/h37-38H,3-36H2,1-2H3. The van der Waals surface area contributed by atoms with Gasteiger partial charge in [-0.25, -0.2) is 0 Å². The maximum atomic E-state index is 10.3. The fourth-order valence-electron chi connectivity index (χ4n) is 6.00. The summed E-state index contributed by atoms with van der Waals surface area (Å²) in [6, 6.07) is 0. The van der Waals surface area contributed by atoms with Gasteiger partial charge >= 0.3 is 0 Å². The van der Waals surface area contributed by atoms with Gasteiger partial charge in [-0.2, -0.15) is 0 Å². The van der Waals surface area contributed by atoms with E-state index >= 15 is 0 Å². The summed E-state index contributed by atoms with van der Waals surface area (Å²) in [6.45, 7) is 4.60. The van der Waals surface area contributed by atoms with Gasteiger partial charge in [-0.05, 0) is 12.8 Å². The number of aliphatic hydroxyl groups is 1. The van der Waals surface area contributed by atoms with Gasteiger partial charge in [0.05, 0.1) is 6.10 Å². The van der Waals surface area contributed by atoms with Crippen molar-refractivity contribution in [2.45, 2.75) is 238 Å². The quantitative estimate of drug-likeness (QED) is 0.0810. The molecule has 38 heavy (non-hydrogen) atoms. The van der Waals surface area contributed by atoms with Crippen LogP contribution in [0, 0.1) is 0 Å². The van der Waals surface area contributed by atoms with E-state index in [-0.39, 0.29) is 6.10 Å². The fraction of sp³-hybridized carbons (Fsp3) is 1.00. The molecule has 0 rings (SSSR count). The van der Waals surface area contributed by atoms with Gasteiger partial charge in [0.15, 0.2) is 0 Å². The highest BCUT2D eigenvalue weighted by molar-refractivity contribution is 4.58. The first-order chi connectivity index (χ1) is 18.8. The van der Waals surface area contributed by atoms with Crippen molar-refractivity contribution in [1.82, 2.24) is 0 Å². The lowest BCUT2D eigenvalue weighted by atomic mass is 10.0. The van der Waals surface area contributed by atoms with Crippen LogP contribution in [0.1, 0.15) is 232 Å². The lowest BCUT2D eigenvalue weighted by Crippen LogP contribution is -2.05. The molecule has 0 aliphatic heterocycles. The highest BCUT2D eigenvalue weighted by atomic mass is 16.3. The molecule has 0 aromatic heterocycles. The second kappa shape index (κ2) is 35.0. The Balaban J connectivity index is 3.13. The second-order valence-corrected chi connectivity index (χ2v) is 12.8. The molecule has 1 nitrogen and oxygen atoms in total. The topological polar surface area (TPSA) is 20.2 Å². The summed E-state index contributed by atoms with van der Waals surface area (Å²) < 4.78 is 0. The molecular formula is C37H76O. The number of rotatable bonds is 34. The number of aliphatic hydroxyl groups excluding tert-OH is 1. The van der Waals surface area contributed by atoms with Gasteiger partial charge in [0.2, 0.25) is 0 Å². The van der Waals surface area contributed by atoms with Gasteiger partial charge in [0.25, 0.3) is 0 Å². The molecule has 0 heterocycles. The van der Waals surface area contributed by atoms with Crippen molar-refractivity contribution in [3.8, 4) is 0 Å². The Labute approximate surface area is 243 Å². The van der Waals surface area contributed by atoms with E-state index < -0.39 is 0 Å². The molecular weight excluding hydrogens is 460 g/mol. The minimum Gasteiger partial charge on any atom is -0.393 e. The molecule has 0 spiro atoms. The van der Waals surface area contributed by atoms with Crippen molar-refractivity contribution in [1.29, 1.82) is 0 Å². The van der Waals surface area contributed by atoms with E-state index in [0.717, 1.165) is 12.8 Å². The zero-order valence-corrected chi connectivity index (χ0v) is 27.1. The average Bonchev–Trinajstić information content (AvgIpc) is 2.92. The summed E-state index contributed by atoms with van der Waals surface area (Å²) >= 11 is 0. The third kappa shape index (κ3) is 34.0. The number of hydrogen-bond acceptors (Lipinski definition) is 1. The molecule has 1 heteroatoms. The molecule has 0 aliphatic carbocycles. The minimum absolute atomic E-state index is 0.0340. The van der Waals surface area contributed by atoms with Crippen LogP contribution >= 0.6 is 0 Å². The minimum atomic E-state index is -0.0340. The van der Waals surface area contributed by atoms with Crippen molar-refractivity contribution in [2.75, 3.05) is 0 Å². The fourth-order valence-corrected chi connectivity index (χ4v) is 6.00. The summed E-state index contributed by atoms with van der Waals surface area (Å²) in [6.07, 6.45) is 47.5. The van der Waals surface area contributed by atoms with Gasteiger partial charge in [0.1, 0.15) is 0 Å². The molecule has 1 N–H and O–H groups in total. The largest absolute Gasteiger partial charge is 0.393 e. The number of unbranched alkanes of at least 4 members (excludes halogenated alkanes) is 30. The Hall–Kier alpha value is -0.0400. The van der Waals surface area contributed by atoms with Gasteiger partial charge in [-0.3, -0.25) is 0 Å². The molecule has 0 fully saturated rings. The van der Waals surface area contributed by atoms with Crippen LogP contribution in [0.5, 0.6) is 0 Å². The molecule has 0 bridgehead atoms. The SMILES string of the molecule is CCCCCCCCCCCCCCCCCCCC(O)CCCCCCCCCCCCCCCCC. The van der Waals surface area contributed by atoms with E-state index in [4.69, 9.17) is 0 Å². The predicted molar refractivity (Wildman–Crippen MR) is 174 cm³/mol. The molecule has 0 aromatic carbocycles. The van der Waals surface area contributed by atoms with E-state index in [1.165, 1.54) is 205 Å². The summed E-state index contributed by atoms with van der Waals surface area (Å²) in [5, 5.41) is 10.3. The maximum Gasteiger partial charge on any atom is 0.0540 e. The molecule has 1 unspecified atom stereocenters. The van der Waals surface area contributed by atoms with E-state index in [1.54, 1.807) is 0 Å². The highest BCUT2D eigenvalue weighted by Crippen LogP contribution is 2.17. The molecule has 0 saturated heterocycles. The summed E-state index contributed by atoms with van der Waals surface area (Å²) in [5.41, 5.74) is 0. The van der Waals surface area contributed by atoms with Crippen molar-refractivity contribution in [3.63, 3.8) is 0 Å². The third-order valence-electron chi connectivity index (χ3n) is 8.78. The Bertz CT molecular complexity index is 392. The van der Waals surface area contributed by atoms with Gasteiger partial charge < -0.3 is 5.11 Å². The van der Waals surface area contributed by atoms with Crippen LogP contribution < -0.4 is 0 Å². The van der Waals surface area contributed by atoms with Gasteiger partial charge in [-0.1, -0.05) is 219 Å². The third-order valence-corrected chi connectivity index (χ3v) is 8.78. The van der Waals surface area contributed by atoms with Crippen molar-refractivity contribution in [2.24, 2.45) is 0 Å². The van der Waals surface area contributed by atoms with Crippen LogP contribution in [-0.4, -0.2) is 11.2 Å². The Morgan fingerprint density at radius 1 is 0.263 bits per heavy atom. The first-order valence-electron chi connectivity index (χ1n) is 18.5. The lowest BCUT2D eigenvalue weighted by molar-refractivity contribution is 0.147.